The fourth-order valence-electron chi connectivity index (χ4n) is 7.38. The number of nitrogens with zero attached hydrogens (tertiary/aromatic N) is 1. The van der Waals surface area contributed by atoms with Gasteiger partial charge in [-0.3, -0.25) is 14.4 Å². The SMILES string of the molecule is CN1C(=CC(=O)COC(=O)CNC(=O)C23CC4CC(CC(C4)C2)C3)C(C)(C)c2ccccc21. The molecule has 176 valence electrons. The fraction of sp³-hybridized carbons (Fsp3) is 0.593. The number of anilines is 1. The second kappa shape index (κ2) is 8.00. The summed E-state index contributed by atoms with van der Waals surface area (Å²) in [7, 11) is 1.94. The number of para-hydroxylation sites is 1. The van der Waals surface area contributed by atoms with E-state index in [1.165, 1.54) is 19.3 Å². The second-order valence-electron chi connectivity index (χ2n) is 11.2. The molecule has 1 aromatic carbocycles. The molecule has 1 amide bonds. The Morgan fingerprint density at radius 3 is 2.27 bits per heavy atom. The van der Waals surface area contributed by atoms with Gasteiger partial charge < -0.3 is 15.0 Å². The lowest BCUT2D eigenvalue weighted by molar-refractivity contribution is -0.151. The van der Waals surface area contributed by atoms with Crippen LogP contribution in [0.1, 0.15) is 57.9 Å². The van der Waals surface area contributed by atoms with Crippen molar-refractivity contribution in [2.75, 3.05) is 25.1 Å². The summed E-state index contributed by atoms with van der Waals surface area (Å²) in [6.45, 7) is 3.66. The van der Waals surface area contributed by atoms with Crippen molar-refractivity contribution in [3.63, 3.8) is 0 Å². The van der Waals surface area contributed by atoms with Crippen LogP contribution in [0.3, 0.4) is 0 Å². The van der Waals surface area contributed by atoms with E-state index in [1.807, 2.05) is 30.1 Å². The number of benzene rings is 1. The zero-order valence-corrected chi connectivity index (χ0v) is 19.9. The van der Waals surface area contributed by atoms with Gasteiger partial charge in [0.1, 0.15) is 6.54 Å². The number of amides is 1. The molecular formula is C27H34N2O4. The van der Waals surface area contributed by atoms with Crippen LogP contribution in [0.5, 0.6) is 0 Å². The third-order valence-corrected chi connectivity index (χ3v) is 8.53. The van der Waals surface area contributed by atoms with E-state index in [4.69, 9.17) is 4.74 Å². The first-order valence-corrected chi connectivity index (χ1v) is 12.2. The predicted octanol–water partition coefficient (Wildman–Crippen LogP) is 3.74. The minimum Gasteiger partial charge on any atom is -0.456 e. The summed E-state index contributed by atoms with van der Waals surface area (Å²) < 4.78 is 5.20. The van der Waals surface area contributed by atoms with Crippen LogP contribution in [-0.2, 0) is 24.5 Å². The van der Waals surface area contributed by atoms with Gasteiger partial charge in [-0.05, 0) is 67.9 Å². The average Bonchev–Trinajstić information content (AvgIpc) is 2.96. The van der Waals surface area contributed by atoms with Crippen molar-refractivity contribution in [1.29, 1.82) is 0 Å². The van der Waals surface area contributed by atoms with Gasteiger partial charge in [0.25, 0.3) is 0 Å². The molecule has 4 aliphatic carbocycles. The summed E-state index contributed by atoms with van der Waals surface area (Å²) in [6.07, 6.45) is 8.24. The summed E-state index contributed by atoms with van der Waals surface area (Å²) in [6, 6.07) is 8.09. The van der Waals surface area contributed by atoms with Gasteiger partial charge in [-0.25, -0.2) is 0 Å². The molecule has 1 aliphatic heterocycles. The molecular weight excluding hydrogens is 416 g/mol. The lowest BCUT2D eigenvalue weighted by Gasteiger charge is -2.55. The molecule has 1 heterocycles. The van der Waals surface area contributed by atoms with Crippen molar-refractivity contribution in [2.24, 2.45) is 23.2 Å². The van der Waals surface area contributed by atoms with Gasteiger partial charge in [0.05, 0.1) is 0 Å². The maximum absolute atomic E-state index is 13.0. The van der Waals surface area contributed by atoms with Crippen LogP contribution in [-0.4, -0.2) is 37.9 Å². The van der Waals surface area contributed by atoms with Gasteiger partial charge in [0, 0.05) is 35.3 Å². The lowest BCUT2D eigenvalue weighted by atomic mass is 9.49. The first-order valence-electron chi connectivity index (χ1n) is 12.2. The van der Waals surface area contributed by atoms with Crippen molar-refractivity contribution in [3.05, 3.63) is 41.6 Å². The topological polar surface area (TPSA) is 75.7 Å². The molecule has 4 saturated carbocycles. The Labute approximate surface area is 195 Å². The molecule has 0 atom stereocenters. The number of ketones is 1. The molecule has 6 rings (SSSR count). The van der Waals surface area contributed by atoms with Crippen molar-refractivity contribution in [3.8, 4) is 0 Å². The highest BCUT2D eigenvalue weighted by molar-refractivity contribution is 5.95. The molecule has 6 nitrogen and oxygen atoms in total. The number of esters is 1. The molecule has 5 aliphatic rings. The molecule has 4 bridgehead atoms. The van der Waals surface area contributed by atoms with E-state index >= 15 is 0 Å². The molecule has 0 spiro atoms. The first-order chi connectivity index (χ1) is 15.7. The zero-order valence-electron chi connectivity index (χ0n) is 19.9. The number of carbonyl (C=O) groups is 3. The van der Waals surface area contributed by atoms with E-state index in [0.29, 0.717) is 17.8 Å². The van der Waals surface area contributed by atoms with Crippen molar-refractivity contribution >= 4 is 23.3 Å². The minimum atomic E-state index is -0.567. The van der Waals surface area contributed by atoms with Crippen LogP contribution in [0.2, 0.25) is 0 Å². The van der Waals surface area contributed by atoms with E-state index in [0.717, 1.165) is 36.2 Å². The normalized spacial score (nSPS) is 32.0. The van der Waals surface area contributed by atoms with Gasteiger partial charge in [-0.2, -0.15) is 0 Å². The molecule has 0 radical (unpaired) electrons. The molecule has 4 fully saturated rings. The van der Waals surface area contributed by atoms with Crippen LogP contribution < -0.4 is 10.2 Å². The molecule has 0 saturated heterocycles. The number of hydrogen-bond acceptors (Lipinski definition) is 5. The van der Waals surface area contributed by atoms with Gasteiger partial charge in [-0.1, -0.05) is 32.0 Å². The Kier molecular flexibility index (Phi) is 5.37. The molecule has 1 N–H and O–H groups in total. The summed E-state index contributed by atoms with van der Waals surface area (Å²) >= 11 is 0. The Morgan fingerprint density at radius 1 is 1.06 bits per heavy atom. The fourth-order valence-corrected chi connectivity index (χ4v) is 7.38. The Balaban J connectivity index is 1.14. The molecule has 6 heteroatoms. The Bertz CT molecular complexity index is 989. The van der Waals surface area contributed by atoms with Gasteiger partial charge in [-0.15, -0.1) is 0 Å². The third-order valence-electron chi connectivity index (χ3n) is 8.53. The second-order valence-corrected chi connectivity index (χ2v) is 11.2. The standard InChI is InChI=1S/C27H34N2O4/c1-26(2)21-6-4-5-7-22(21)29(3)23(26)11-20(30)16-33-24(31)15-28-25(32)27-12-17-8-18(13-27)10-19(9-17)14-27/h4-7,11,17-19H,8-10,12-16H2,1-3H3,(H,28,32). The van der Waals surface area contributed by atoms with Crippen LogP contribution in [0, 0.1) is 23.2 Å². The number of nitrogens with one attached hydrogen (secondary N) is 1. The van der Waals surface area contributed by atoms with E-state index in [-0.39, 0.29) is 35.7 Å². The highest BCUT2D eigenvalue weighted by Crippen LogP contribution is 2.60. The predicted molar refractivity (Wildman–Crippen MR) is 126 cm³/mol. The van der Waals surface area contributed by atoms with Crippen molar-refractivity contribution in [1.82, 2.24) is 5.32 Å². The highest BCUT2D eigenvalue weighted by atomic mass is 16.5. The highest BCUT2D eigenvalue weighted by Gasteiger charge is 2.54. The van der Waals surface area contributed by atoms with Crippen LogP contribution in [0.15, 0.2) is 36.0 Å². The first kappa shape index (κ1) is 22.2. The van der Waals surface area contributed by atoms with Gasteiger partial charge in [0.2, 0.25) is 5.91 Å². The monoisotopic (exact) mass is 450 g/mol. The number of hydrogen-bond donors (Lipinski definition) is 1. The number of ether oxygens (including phenoxy) is 1. The maximum atomic E-state index is 13.0. The number of likely N-dealkylation sites (N-methyl/N-ethyl adjacent to an activating group) is 1. The minimum absolute atomic E-state index is 0.000843. The lowest BCUT2D eigenvalue weighted by Crippen LogP contribution is -2.54. The quantitative estimate of drug-likeness (QED) is 0.528. The van der Waals surface area contributed by atoms with Gasteiger partial charge >= 0.3 is 5.97 Å². The number of allylic oxidation sites excluding steroid dienone is 1. The van der Waals surface area contributed by atoms with Crippen molar-refractivity contribution in [2.45, 2.75) is 57.8 Å². The number of rotatable bonds is 6. The summed E-state index contributed by atoms with van der Waals surface area (Å²) in [5.74, 6) is 1.18. The molecule has 1 aromatic rings. The van der Waals surface area contributed by atoms with E-state index in [2.05, 4.69) is 25.2 Å². The summed E-state index contributed by atoms with van der Waals surface area (Å²) in [5, 5.41) is 2.82. The van der Waals surface area contributed by atoms with E-state index in [1.54, 1.807) is 6.08 Å². The summed E-state index contributed by atoms with van der Waals surface area (Å²) in [5.41, 5.74) is 2.52. The average molecular weight is 451 g/mol. The van der Waals surface area contributed by atoms with E-state index < -0.39 is 5.97 Å². The maximum Gasteiger partial charge on any atom is 0.325 e. The van der Waals surface area contributed by atoms with Crippen molar-refractivity contribution < 1.29 is 19.1 Å². The number of fused-ring (bicyclic) bond motifs is 1. The molecule has 33 heavy (non-hydrogen) atoms. The number of carbonyl (C=O) groups excluding carboxylic acids is 3. The zero-order chi connectivity index (χ0) is 23.4. The van der Waals surface area contributed by atoms with Crippen LogP contribution >= 0.6 is 0 Å². The smallest absolute Gasteiger partial charge is 0.325 e. The Hall–Kier alpha value is -2.63. The van der Waals surface area contributed by atoms with E-state index in [9.17, 15) is 14.4 Å². The Morgan fingerprint density at radius 2 is 1.67 bits per heavy atom. The molecule has 0 aromatic heterocycles. The largest absolute Gasteiger partial charge is 0.456 e. The van der Waals surface area contributed by atoms with Crippen LogP contribution in [0.4, 0.5) is 5.69 Å². The van der Waals surface area contributed by atoms with Gasteiger partial charge in [0.15, 0.2) is 12.4 Å². The third kappa shape index (κ3) is 3.87. The summed E-state index contributed by atoms with van der Waals surface area (Å²) in [4.78, 5) is 39.9. The molecule has 0 unspecified atom stereocenters. The van der Waals surface area contributed by atoms with Crippen LogP contribution in [0.25, 0.3) is 0 Å².